The van der Waals surface area contributed by atoms with E-state index in [9.17, 15) is 31.8 Å². The van der Waals surface area contributed by atoms with Crippen LogP contribution in [-0.4, -0.2) is 115 Å². The first-order chi connectivity index (χ1) is 21.3. The van der Waals surface area contributed by atoms with Gasteiger partial charge in [-0.15, -0.1) is 0 Å². The van der Waals surface area contributed by atoms with Crippen molar-refractivity contribution >= 4 is 54.3 Å². The smallest absolute Gasteiger partial charge is 0.280 e. The van der Waals surface area contributed by atoms with E-state index in [1.807, 2.05) is 0 Å². The van der Waals surface area contributed by atoms with E-state index >= 15 is 0 Å². The highest BCUT2D eigenvalue weighted by molar-refractivity contribution is 7.89. The molecule has 3 aliphatic rings. The van der Waals surface area contributed by atoms with Crippen molar-refractivity contribution in [1.29, 1.82) is 0 Å². The molecule has 0 amide bonds. The second-order valence-electron chi connectivity index (χ2n) is 10.7. The van der Waals surface area contributed by atoms with Gasteiger partial charge >= 0.3 is 0 Å². The molecule has 0 aromatic carbocycles. The maximum absolute atomic E-state index is 13.3. The van der Waals surface area contributed by atoms with Crippen LogP contribution in [0.2, 0.25) is 0 Å². The molecule has 0 saturated carbocycles. The Labute approximate surface area is 252 Å². The highest BCUT2D eigenvalue weighted by Crippen LogP contribution is 2.35. The fourth-order valence-corrected chi connectivity index (χ4v) is 8.23. The van der Waals surface area contributed by atoms with Crippen LogP contribution in [0.1, 0.15) is 18.9 Å². The van der Waals surface area contributed by atoms with Crippen molar-refractivity contribution in [2.24, 2.45) is 0 Å². The number of fused-ring (bicyclic) bond motifs is 5. The first-order valence-corrected chi connectivity index (χ1v) is 16.5. The van der Waals surface area contributed by atoms with Gasteiger partial charge in [0.15, 0.2) is 35.1 Å². The molecule has 8 atom stereocenters. The van der Waals surface area contributed by atoms with E-state index in [-0.39, 0.29) is 40.5 Å². The topological polar surface area (TPSA) is 322 Å². The van der Waals surface area contributed by atoms with Crippen LogP contribution in [0.4, 0.5) is 11.8 Å². The highest BCUT2D eigenvalue weighted by Gasteiger charge is 2.50. The standard InChI is InChI=1S/C21H27N13O9S2/c22-15-11-16(25-4-24-15)33(5-26-11)20-14(36)9-8(43-20)3-28-45(40,41)32-10-13(35)7(1-2-44(38,39)31-9)42-19(10)34-6-27-12-17(34)29-21(23)30-18(12)37/h4-10,13-14,19-20,28,31-32,35-36H,1-3H2,(H2,22,24,25)(H3,23,29,30,37)/t7-,8-,9+,10+,13?,14?,19-,20-/m1/s1. The Hall–Kier alpha value is -3.88. The van der Waals surface area contributed by atoms with E-state index in [1.54, 1.807) is 0 Å². The Morgan fingerprint density at radius 1 is 0.867 bits per heavy atom. The predicted molar refractivity (Wildman–Crippen MR) is 151 cm³/mol. The SMILES string of the molecule is Nc1nc2c(ncn2[C@@H]2O[C@@H]3CCS(=O)(=O)N[C@@H]4C(O)[C@H](n5cnc6c(N)ncnc65)O[C@@H]4CNS(=O)(=O)N[C@H]2C3O)c(=O)[nH]1. The van der Waals surface area contributed by atoms with E-state index in [4.69, 9.17) is 20.9 Å². The van der Waals surface area contributed by atoms with Gasteiger partial charge in [-0.3, -0.25) is 18.9 Å². The van der Waals surface area contributed by atoms with Gasteiger partial charge in [0.1, 0.15) is 24.1 Å². The molecule has 242 valence electrons. The minimum absolute atomic E-state index is 0.0528. The van der Waals surface area contributed by atoms with Crippen LogP contribution >= 0.6 is 0 Å². The number of nitrogens with zero attached hydrogens (tertiary/aromatic N) is 7. The van der Waals surface area contributed by atoms with Gasteiger partial charge in [-0.2, -0.15) is 22.8 Å². The largest absolute Gasteiger partial charge is 0.389 e. The number of aromatic amines is 1. The lowest BCUT2D eigenvalue weighted by Crippen LogP contribution is -2.53. The van der Waals surface area contributed by atoms with Crippen LogP contribution in [0.3, 0.4) is 0 Å². The molecule has 45 heavy (non-hydrogen) atoms. The molecule has 0 spiro atoms. The Bertz CT molecular complexity index is 2070. The fraction of sp³-hybridized carbons (Fsp3) is 0.524. The third-order valence-electron chi connectivity index (χ3n) is 7.88. The van der Waals surface area contributed by atoms with E-state index in [0.717, 1.165) is 0 Å². The summed E-state index contributed by atoms with van der Waals surface area (Å²) >= 11 is 0. The van der Waals surface area contributed by atoms with Crippen LogP contribution in [0.25, 0.3) is 22.3 Å². The normalized spacial score (nSPS) is 33.4. The molecule has 3 saturated heterocycles. The molecule has 10 N–H and O–H groups in total. The van der Waals surface area contributed by atoms with E-state index in [1.165, 1.54) is 28.1 Å². The molecule has 4 aromatic rings. The molecule has 0 aliphatic carbocycles. The van der Waals surface area contributed by atoms with Gasteiger partial charge in [0.2, 0.25) is 16.0 Å². The van der Waals surface area contributed by atoms with Gasteiger partial charge in [0, 0.05) is 6.54 Å². The molecule has 7 rings (SSSR count). The molecule has 22 nitrogen and oxygen atoms in total. The van der Waals surface area contributed by atoms with E-state index in [0.29, 0.717) is 0 Å². The van der Waals surface area contributed by atoms with Crippen LogP contribution in [0.5, 0.6) is 0 Å². The summed E-state index contributed by atoms with van der Waals surface area (Å²) in [6.07, 6.45) is -4.71. The Balaban J connectivity index is 1.21. The summed E-state index contributed by atoms with van der Waals surface area (Å²) in [5.74, 6) is -0.753. The molecule has 7 heterocycles. The number of hydrogen-bond donors (Lipinski definition) is 8. The summed E-state index contributed by atoms with van der Waals surface area (Å²) in [6.45, 7) is -0.515. The Morgan fingerprint density at radius 3 is 2.36 bits per heavy atom. The summed E-state index contributed by atoms with van der Waals surface area (Å²) < 4.78 is 74.7. The number of hydrogen-bond acceptors (Lipinski definition) is 16. The average Bonchev–Trinajstić information content (AvgIpc) is 3.72. The fourth-order valence-electron chi connectivity index (χ4n) is 5.78. The number of H-pyrrole nitrogens is 1. The number of aliphatic hydroxyl groups is 2. The number of nitrogen functional groups attached to an aromatic ring is 2. The van der Waals surface area contributed by atoms with Gasteiger partial charge in [0.25, 0.3) is 15.8 Å². The van der Waals surface area contributed by atoms with Gasteiger partial charge in [-0.25, -0.2) is 33.1 Å². The second-order valence-corrected chi connectivity index (χ2v) is 14.1. The number of ether oxygens (including phenoxy) is 2. The van der Waals surface area contributed by atoms with Gasteiger partial charge < -0.3 is 31.2 Å². The van der Waals surface area contributed by atoms with Crippen LogP contribution in [-0.2, 0) is 29.7 Å². The first kappa shape index (κ1) is 29.8. The zero-order valence-corrected chi connectivity index (χ0v) is 24.5. The van der Waals surface area contributed by atoms with Crippen LogP contribution in [0.15, 0.2) is 23.8 Å². The van der Waals surface area contributed by atoms with Crippen molar-refractivity contribution in [3.05, 3.63) is 29.3 Å². The number of nitrogens with one attached hydrogen (secondary N) is 4. The van der Waals surface area contributed by atoms with E-state index < -0.39 is 87.0 Å². The lowest BCUT2D eigenvalue weighted by molar-refractivity contribution is -0.0330. The average molecular weight is 670 g/mol. The first-order valence-electron chi connectivity index (χ1n) is 13.4. The molecule has 2 bridgehead atoms. The zero-order valence-electron chi connectivity index (χ0n) is 22.8. The molecular formula is C21H27N13O9S2. The van der Waals surface area contributed by atoms with Crippen molar-refractivity contribution in [2.75, 3.05) is 23.8 Å². The summed E-state index contributed by atoms with van der Waals surface area (Å²) in [7, 11) is -8.65. The summed E-state index contributed by atoms with van der Waals surface area (Å²) in [5.41, 5.74) is 11.1. The predicted octanol–water partition coefficient (Wildman–Crippen LogP) is -4.88. The van der Waals surface area contributed by atoms with Crippen molar-refractivity contribution in [3.8, 4) is 0 Å². The molecular weight excluding hydrogens is 642 g/mol. The number of nitrogens with two attached hydrogens (primary N) is 2. The molecule has 0 radical (unpaired) electrons. The van der Waals surface area contributed by atoms with Gasteiger partial charge in [-0.05, 0) is 6.42 Å². The third kappa shape index (κ3) is 5.18. The summed E-state index contributed by atoms with van der Waals surface area (Å²) in [5, 5.41) is 22.4. The maximum Gasteiger partial charge on any atom is 0.280 e. The van der Waals surface area contributed by atoms with Crippen molar-refractivity contribution in [1.82, 2.24) is 53.2 Å². The zero-order chi connectivity index (χ0) is 31.8. The van der Waals surface area contributed by atoms with Crippen LogP contribution < -0.4 is 31.2 Å². The summed E-state index contributed by atoms with van der Waals surface area (Å²) in [6, 6.07) is -2.72. The Kier molecular flexibility index (Phi) is 7.02. The Morgan fingerprint density at radius 2 is 1.58 bits per heavy atom. The second kappa shape index (κ2) is 10.6. The monoisotopic (exact) mass is 669 g/mol. The van der Waals surface area contributed by atoms with Crippen molar-refractivity contribution in [2.45, 2.75) is 55.4 Å². The number of anilines is 2. The number of sulfonamides is 1. The molecule has 3 fully saturated rings. The third-order valence-corrected chi connectivity index (χ3v) is 10.4. The molecule has 3 aliphatic heterocycles. The molecule has 2 unspecified atom stereocenters. The molecule has 4 aromatic heterocycles. The number of aliphatic hydroxyl groups excluding tert-OH is 2. The van der Waals surface area contributed by atoms with Crippen molar-refractivity contribution < 1.29 is 36.5 Å². The minimum atomic E-state index is -4.46. The molecule has 24 heteroatoms. The lowest BCUT2D eigenvalue weighted by Gasteiger charge is -2.24. The van der Waals surface area contributed by atoms with Crippen molar-refractivity contribution in [3.63, 3.8) is 0 Å². The lowest BCUT2D eigenvalue weighted by atomic mass is 10.1. The minimum Gasteiger partial charge on any atom is -0.389 e. The number of aromatic nitrogens is 8. The maximum atomic E-state index is 13.3. The van der Waals surface area contributed by atoms with Crippen LogP contribution in [0, 0.1) is 0 Å². The van der Waals surface area contributed by atoms with E-state index in [2.05, 4.69) is 44.1 Å². The number of rotatable bonds is 2. The van der Waals surface area contributed by atoms with Gasteiger partial charge in [0.05, 0.1) is 42.7 Å². The summed E-state index contributed by atoms with van der Waals surface area (Å²) in [4.78, 5) is 34.8. The number of imidazole rings is 2. The van der Waals surface area contributed by atoms with Gasteiger partial charge in [-0.1, -0.05) is 0 Å². The quantitative estimate of drug-likeness (QED) is 0.0991. The highest BCUT2D eigenvalue weighted by atomic mass is 32.2.